The van der Waals surface area contributed by atoms with E-state index in [-0.39, 0.29) is 17.3 Å². The van der Waals surface area contributed by atoms with Crippen molar-refractivity contribution in [2.75, 3.05) is 11.9 Å². The highest BCUT2D eigenvalue weighted by molar-refractivity contribution is 7.89. The van der Waals surface area contributed by atoms with Crippen LogP contribution in [-0.4, -0.2) is 36.2 Å². The van der Waals surface area contributed by atoms with E-state index in [4.69, 9.17) is 11.6 Å². The van der Waals surface area contributed by atoms with Gasteiger partial charge < -0.3 is 5.32 Å². The minimum atomic E-state index is -3.82. The molecule has 3 aromatic rings. The molecule has 1 aliphatic heterocycles. The van der Waals surface area contributed by atoms with Crippen LogP contribution in [0.15, 0.2) is 58.8 Å². The van der Waals surface area contributed by atoms with Crippen LogP contribution in [0.4, 0.5) is 9.52 Å². The van der Waals surface area contributed by atoms with Crippen LogP contribution in [0.1, 0.15) is 12.8 Å². The van der Waals surface area contributed by atoms with Gasteiger partial charge in [0.05, 0.1) is 10.6 Å². The number of carbonyl (C=O) groups excluding carboxylic acids is 1. The lowest BCUT2D eigenvalue weighted by molar-refractivity contribution is -0.119. The normalized spacial score (nSPS) is 17.2. The van der Waals surface area contributed by atoms with E-state index in [1.54, 1.807) is 17.5 Å². The lowest BCUT2D eigenvalue weighted by atomic mass is 10.2. The van der Waals surface area contributed by atoms with Gasteiger partial charge in [-0.1, -0.05) is 11.6 Å². The Bertz CT molecular complexity index is 1160. The van der Waals surface area contributed by atoms with E-state index in [1.807, 2.05) is 0 Å². The number of rotatable bonds is 5. The van der Waals surface area contributed by atoms with E-state index in [0.717, 1.165) is 5.56 Å². The van der Waals surface area contributed by atoms with Crippen molar-refractivity contribution in [1.82, 2.24) is 9.29 Å². The van der Waals surface area contributed by atoms with Gasteiger partial charge in [-0.05, 0) is 61.4 Å². The summed E-state index contributed by atoms with van der Waals surface area (Å²) in [6, 6.07) is 10.9. The smallest absolute Gasteiger partial charge is 0.244 e. The van der Waals surface area contributed by atoms with Crippen molar-refractivity contribution in [3.05, 3.63) is 64.8 Å². The lowest BCUT2D eigenvalue weighted by Crippen LogP contribution is -2.43. The first kappa shape index (κ1) is 20.9. The number of nitrogens with one attached hydrogen (secondary N) is 1. The summed E-state index contributed by atoms with van der Waals surface area (Å²) in [6.45, 7) is 0.266. The van der Waals surface area contributed by atoms with Gasteiger partial charge in [0.1, 0.15) is 11.9 Å². The number of thiazole rings is 1. The number of halogens is 2. The summed E-state index contributed by atoms with van der Waals surface area (Å²) in [5.74, 6) is -0.768. The van der Waals surface area contributed by atoms with Gasteiger partial charge in [-0.2, -0.15) is 4.31 Å². The lowest BCUT2D eigenvalue weighted by Gasteiger charge is -2.23. The van der Waals surface area contributed by atoms with E-state index in [9.17, 15) is 17.6 Å². The Hall–Kier alpha value is -2.33. The summed E-state index contributed by atoms with van der Waals surface area (Å²) in [5.41, 5.74) is 1.33. The van der Waals surface area contributed by atoms with Crippen LogP contribution in [0, 0.1) is 5.82 Å². The van der Waals surface area contributed by atoms with Gasteiger partial charge in [-0.3, -0.25) is 4.79 Å². The van der Waals surface area contributed by atoms with Crippen LogP contribution in [0.25, 0.3) is 11.3 Å². The molecule has 1 atom stereocenters. The summed E-state index contributed by atoms with van der Waals surface area (Å²) >= 11 is 7.07. The van der Waals surface area contributed by atoms with Gasteiger partial charge in [0, 0.05) is 22.5 Å². The number of benzene rings is 2. The highest BCUT2D eigenvalue weighted by atomic mass is 35.5. The fourth-order valence-corrected chi connectivity index (χ4v) is 5.81. The fourth-order valence-electron chi connectivity index (χ4n) is 3.30. The molecule has 4 rings (SSSR count). The zero-order valence-electron chi connectivity index (χ0n) is 15.6. The summed E-state index contributed by atoms with van der Waals surface area (Å²) in [4.78, 5) is 17.3. The summed E-state index contributed by atoms with van der Waals surface area (Å²) < 4.78 is 40.3. The highest BCUT2D eigenvalue weighted by Gasteiger charge is 2.39. The van der Waals surface area contributed by atoms with Crippen LogP contribution >= 0.6 is 22.9 Å². The van der Waals surface area contributed by atoms with E-state index < -0.39 is 22.0 Å². The van der Waals surface area contributed by atoms with Crippen LogP contribution < -0.4 is 5.32 Å². The van der Waals surface area contributed by atoms with E-state index in [1.165, 1.54) is 52.0 Å². The number of nitrogens with zero attached hydrogens (tertiary/aromatic N) is 2. The average Bonchev–Trinajstić information content (AvgIpc) is 3.39. The maximum absolute atomic E-state index is 13.1. The monoisotopic (exact) mass is 465 g/mol. The van der Waals surface area contributed by atoms with E-state index in [0.29, 0.717) is 28.7 Å². The van der Waals surface area contributed by atoms with Crippen molar-refractivity contribution < 1.29 is 17.6 Å². The van der Waals surface area contributed by atoms with Crippen molar-refractivity contribution in [3.8, 4) is 11.3 Å². The third-order valence-electron chi connectivity index (χ3n) is 4.80. The molecular weight excluding hydrogens is 449 g/mol. The first-order chi connectivity index (χ1) is 14.3. The average molecular weight is 466 g/mol. The van der Waals surface area contributed by atoms with Crippen molar-refractivity contribution >= 4 is 44.0 Å². The third-order valence-corrected chi connectivity index (χ3v) is 7.73. The maximum Gasteiger partial charge on any atom is 0.244 e. The van der Waals surface area contributed by atoms with Gasteiger partial charge >= 0.3 is 0 Å². The summed E-state index contributed by atoms with van der Waals surface area (Å²) in [5, 5.41) is 5.26. The molecule has 2 heterocycles. The second-order valence-corrected chi connectivity index (χ2v) is 9.95. The number of sulfonamides is 1. The molecule has 0 spiro atoms. The molecule has 6 nitrogen and oxygen atoms in total. The first-order valence-electron chi connectivity index (χ1n) is 9.14. The molecule has 156 valence electrons. The maximum atomic E-state index is 13.1. The number of hydrogen-bond donors (Lipinski definition) is 1. The Morgan fingerprint density at radius 1 is 1.17 bits per heavy atom. The first-order valence-corrected chi connectivity index (χ1v) is 11.8. The van der Waals surface area contributed by atoms with Gasteiger partial charge in [-0.25, -0.2) is 17.8 Å². The highest BCUT2D eigenvalue weighted by Crippen LogP contribution is 2.29. The Morgan fingerprint density at radius 2 is 1.87 bits per heavy atom. The summed E-state index contributed by atoms with van der Waals surface area (Å²) in [7, 11) is -3.82. The fraction of sp³-hybridized carbons (Fsp3) is 0.200. The predicted octanol–water partition coefficient (Wildman–Crippen LogP) is 4.39. The molecule has 1 amide bonds. The van der Waals surface area contributed by atoms with Crippen molar-refractivity contribution in [3.63, 3.8) is 0 Å². The van der Waals surface area contributed by atoms with Gasteiger partial charge in [0.2, 0.25) is 15.9 Å². The predicted molar refractivity (Wildman–Crippen MR) is 115 cm³/mol. The Balaban J connectivity index is 1.50. The molecule has 1 saturated heterocycles. The summed E-state index contributed by atoms with van der Waals surface area (Å²) in [6.07, 6.45) is 1.01. The molecule has 1 aromatic heterocycles. The molecule has 1 aliphatic rings. The molecule has 1 fully saturated rings. The van der Waals surface area contributed by atoms with Crippen molar-refractivity contribution in [2.45, 2.75) is 23.8 Å². The van der Waals surface area contributed by atoms with Crippen LogP contribution in [0.5, 0.6) is 0 Å². The molecule has 1 N–H and O–H groups in total. The number of carbonyl (C=O) groups is 1. The standard InChI is InChI=1S/C20H17ClFN3O3S2/c21-14-5-9-16(10-6-14)30(27,28)25-11-1-2-18(25)19(26)24-20-23-17(12-29-20)13-3-7-15(22)8-4-13/h3-10,12,18H,1-2,11H2,(H,23,24,26). The van der Waals surface area contributed by atoms with Crippen molar-refractivity contribution in [2.24, 2.45) is 0 Å². The number of hydrogen-bond acceptors (Lipinski definition) is 5. The largest absolute Gasteiger partial charge is 0.301 e. The number of anilines is 1. The number of amides is 1. The van der Waals surface area contributed by atoms with Crippen molar-refractivity contribution in [1.29, 1.82) is 0 Å². The Labute approximate surface area is 182 Å². The van der Waals surface area contributed by atoms with E-state index in [2.05, 4.69) is 10.3 Å². The minimum Gasteiger partial charge on any atom is -0.301 e. The molecule has 2 aromatic carbocycles. The van der Waals surface area contributed by atoms with Gasteiger partial charge in [-0.15, -0.1) is 11.3 Å². The third kappa shape index (κ3) is 4.24. The van der Waals surface area contributed by atoms with Crippen LogP contribution in [-0.2, 0) is 14.8 Å². The van der Waals surface area contributed by atoms with Crippen LogP contribution in [0.3, 0.4) is 0 Å². The molecule has 10 heteroatoms. The molecular formula is C20H17ClFN3O3S2. The molecule has 0 saturated carbocycles. The van der Waals surface area contributed by atoms with Gasteiger partial charge in [0.25, 0.3) is 0 Å². The number of aromatic nitrogens is 1. The Morgan fingerprint density at radius 3 is 2.57 bits per heavy atom. The van der Waals surface area contributed by atoms with E-state index >= 15 is 0 Å². The second kappa shape index (κ2) is 8.43. The quantitative estimate of drug-likeness (QED) is 0.606. The topological polar surface area (TPSA) is 79.4 Å². The molecule has 30 heavy (non-hydrogen) atoms. The molecule has 0 aliphatic carbocycles. The van der Waals surface area contributed by atoms with Crippen LogP contribution in [0.2, 0.25) is 5.02 Å². The van der Waals surface area contributed by atoms with Gasteiger partial charge in [0.15, 0.2) is 5.13 Å². The SMILES string of the molecule is O=C(Nc1nc(-c2ccc(F)cc2)cs1)C1CCCN1S(=O)(=O)c1ccc(Cl)cc1. The zero-order chi connectivity index (χ0) is 21.3. The molecule has 1 unspecified atom stereocenters. The molecule has 0 radical (unpaired) electrons. The Kier molecular flexibility index (Phi) is 5.88. The zero-order valence-corrected chi connectivity index (χ0v) is 18.0. The second-order valence-electron chi connectivity index (χ2n) is 6.76. The molecule has 0 bridgehead atoms. The minimum absolute atomic E-state index is 0.0967.